The first-order valence-corrected chi connectivity index (χ1v) is 8.12. The number of carbonyl (C=O) groups excluding carboxylic acids is 1. The molecule has 0 aromatic heterocycles. The van der Waals surface area contributed by atoms with Crippen molar-refractivity contribution in [1.82, 2.24) is 0 Å². The van der Waals surface area contributed by atoms with E-state index >= 15 is 0 Å². The molecule has 21 heavy (non-hydrogen) atoms. The summed E-state index contributed by atoms with van der Waals surface area (Å²) in [5.74, 6) is -0.352. The van der Waals surface area contributed by atoms with Gasteiger partial charge in [-0.3, -0.25) is 4.79 Å². The van der Waals surface area contributed by atoms with Crippen LogP contribution in [0.1, 0.15) is 13.8 Å². The molecule has 0 N–H and O–H groups in total. The smallest absolute Gasteiger partial charge is 0.282 e. The highest BCUT2D eigenvalue weighted by molar-refractivity contribution is 7.90. The van der Waals surface area contributed by atoms with E-state index in [4.69, 9.17) is 23.2 Å². The number of carbonyl (C=O) groups is 1. The van der Waals surface area contributed by atoms with Gasteiger partial charge in [0.2, 0.25) is 0 Å². The topological polar surface area (TPSA) is 63.6 Å². The first-order valence-electron chi connectivity index (χ1n) is 5.92. The van der Waals surface area contributed by atoms with Crippen LogP contribution < -0.4 is 0 Å². The SMILES string of the molecule is CC1=CC(=O)C(Cl)=C(C)/C1=N\S(=O)(=O)c1ccc(Cl)cc1. The molecular weight excluding hydrogens is 333 g/mol. The number of rotatable bonds is 2. The fraction of sp³-hybridized carbons (Fsp3) is 0.143. The number of hydrogen-bond donors (Lipinski definition) is 0. The number of nitrogens with zero attached hydrogens (tertiary/aromatic N) is 1. The van der Waals surface area contributed by atoms with Crippen molar-refractivity contribution in [2.45, 2.75) is 18.7 Å². The van der Waals surface area contributed by atoms with E-state index in [0.717, 1.165) is 0 Å². The maximum absolute atomic E-state index is 12.3. The molecule has 0 heterocycles. The van der Waals surface area contributed by atoms with E-state index in [9.17, 15) is 13.2 Å². The molecule has 0 bridgehead atoms. The van der Waals surface area contributed by atoms with Gasteiger partial charge in [0.15, 0.2) is 5.78 Å². The Morgan fingerprint density at radius 3 is 2.19 bits per heavy atom. The lowest BCUT2D eigenvalue weighted by Crippen LogP contribution is -2.16. The zero-order valence-electron chi connectivity index (χ0n) is 11.2. The van der Waals surface area contributed by atoms with Crippen LogP contribution in [0, 0.1) is 0 Å². The highest BCUT2D eigenvalue weighted by Crippen LogP contribution is 2.25. The van der Waals surface area contributed by atoms with E-state index in [1.165, 1.54) is 30.3 Å². The minimum atomic E-state index is -3.90. The van der Waals surface area contributed by atoms with Gasteiger partial charge in [-0.15, -0.1) is 0 Å². The predicted octanol–water partition coefficient (Wildman–Crippen LogP) is 3.51. The minimum absolute atomic E-state index is 0.0213. The van der Waals surface area contributed by atoms with Gasteiger partial charge in [0.1, 0.15) is 0 Å². The fourth-order valence-corrected chi connectivity index (χ4v) is 3.21. The Morgan fingerprint density at radius 2 is 1.62 bits per heavy atom. The Kier molecular flexibility index (Phi) is 4.37. The number of allylic oxidation sites excluding steroid dienone is 4. The molecular formula is C14H11Cl2NO3S. The van der Waals surface area contributed by atoms with Gasteiger partial charge in [0, 0.05) is 5.02 Å². The third-order valence-electron chi connectivity index (χ3n) is 2.94. The highest BCUT2D eigenvalue weighted by Gasteiger charge is 2.23. The lowest BCUT2D eigenvalue weighted by atomic mass is 9.97. The van der Waals surface area contributed by atoms with Gasteiger partial charge in [-0.1, -0.05) is 23.2 Å². The van der Waals surface area contributed by atoms with Gasteiger partial charge >= 0.3 is 0 Å². The zero-order chi connectivity index (χ0) is 15.8. The standard InChI is InChI=1S/C14H11Cl2NO3S/c1-8-7-12(18)13(16)9(2)14(8)17-21(19,20)11-5-3-10(15)4-6-11/h3-7H,1-2H3/b17-14-. The van der Waals surface area contributed by atoms with Gasteiger partial charge in [0.25, 0.3) is 10.0 Å². The molecule has 0 atom stereocenters. The first kappa shape index (κ1) is 15.9. The summed E-state index contributed by atoms with van der Waals surface area (Å²) in [5, 5.41) is 0.408. The van der Waals surface area contributed by atoms with Crippen molar-refractivity contribution in [3.63, 3.8) is 0 Å². The molecule has 1 aliphatic carbocycles. The maximum Gasteiger partial charge on any atom is 0.282 e. The quantitative estimate of drug-likeness (QED) is 0.771. The number of halogens is 2. The summed E-state index contributed by atoms with van der Waals surface area (Å²) in [6.07, 6.45) is 1.27. The van der Waals surface area contributed by atoms with E-state index in [1.807, 2.05) is 0 Å². The molecule has 0 saturated carbocycles. The van der Waals surface area contributed by atoms with Gasteiger partial charge in [-0.2, -0.15) is 12.8 Å². The largest absolute Gasteiger partial charge is 0.288 e. The number of ketones is 1. The van der Waals surface area contributed by atoms with Crippen molar-refractivity contribution in [2.75, 3.05) is 0 Å². The molecule has 0 saturated heterocycles. The van der Waals surface area contributed by atoms with Crippen molar-refractivity contribution in [3.05, 3.63) is 51.5 Å². The van der Waals surface area contributed by atoms with Crippen molar-refractivity contribution < 1.29 is 13.2 Å². The van der Waals surface area contributed by atoms with E-state index in [1.54, 1.807) is 13.8 Å². The summed E-state index contributed by atoms with van der Waals surface area (Å²) < 4.78 is 28.4. The Hall–Kier alpha value is -1.43. The summed E-state index contributed by atoms with van der Waals surface area (Å²) in [5.41, 5.74) is 0.994. The Bertz CT molecular complexity index is 803. The summed E-state index contributed by atoms with van der Waals surface area (Å²) in [6.45, 7) is 3.17. The van der Waals surface area contributed by atoms with Crippen LogP contribution in [0.2, 0.25) is 5.02 Å². The molecule has 1 aliphatic rings. The highest BCUT2D eigenvalue weighted by atomic mass is 35.5. The van der Waals surface area contributed by atoms with E-state index in [-0.39, 0.29) is 21.4 Å². The molecule has 0 fully saturated rings. The predicted molar refractivity (Wildman–Crippen MR) is 83.4 cm³/mol. The normalized spacial score (nSPS) is 18.2. The number of sulfonamides is 1. The molecule has 2 rings (SSSR count). The summed E-state index contributed by atoms with van der Waals surface area (Å²) in [7, 11) is -3.90. The monoisotopic (exact) mass is 343 g/mol. The van der Waals surface area contributed by atoms with Crippen LogP contribution >= 0.6 is 23.2 Å². The molecule has 0 spiro atoms. The van der Waals surface area contributed by atoms with Gasteiger partial charge in [0.05, 0.1) is 15.6 Å². The van der Waals surface area contributed by atoms with E-state index < -0.39 is 10.0 Å². The van der Waals surface area contributed by atoms with E-state index in [2.05, 4.69) is 4.40 Å². The van der Waals surface area contributed by atoms with E-state index in [0.29, 0.717) is 16.2 Å². The molecule has 7 heteroatoms. The van der Waals surface area contributed by atoms with Crippen LogP contribution in [-0.2, 0) is 14.8 Å². The van der Waals surface area contributed by atoms with Crippen molar-refractivity contribution in [1.29, 1.82) is 0 Å². The molecule has 1 aromatic carbocycles. The maximum atomic E-state index is 12.3. The van der Waals surface area contributed by atoms with Crippen LogP contribution in [0.15, 0.2) is 55.8 Å². The molecule has 0 amide bonds. The lowest BCUT2D eigenvalue weighted by molar-refractivity contribution is -0.110. The molecule has 0 aliphatic heterocycles. The second-order valence-corrected chi connectivity index (χ2v) is 6.92. The molecule has 1 aromatic rings. The van der Waals surface area contributed by atoms with Crippen LogP contribution in [0.25, 0.3) is 0 Å². The Labute approximate surface area is 132 Å². The Morgan fingerprint density at radius 1 is 1.05 bits per heavy atom. The fourth-order valence-electron chi connectivity index (χ4n) is 1.83. The second-order valence-electron chi connectivity index (χ2n) is 4.50. The lowest BCUT2D eigenvalue weighted by Gasteiger charge is -2.14. The van der Waals surface area contributed by atoms with Crippen LogP contribution in [0.3, 0.4) is 0 Å². The van der Waals surface area contributed by atoms with Crippen molar-refractivity contribution in [3.8, 4) is 0 Å². The first-order chi connectivity index (χ1) is 9.72. The summed E-state index contributed by atoms with van der Waals surface area (Å²) >= 11 is 11.6. The van der Waals surface area contributed by atoms with Crippen LogP contribution in [0.4, 0.5) is 0 Å². The average molecular weight is 344 g/mol. The third-order valence-corrected chi connectivity index (χ3v) is 4.96. The van der Waals surface area contributed by atoms with Gasteiger partial charge < -0.3 is 0 Å². The molecule has 110 valence electrons. The van der Waals surface area contributed by atoms with Crippen molar-refractivity contribution in [2.24, 2.45) is 4.40 Å². The summed E-state index contributed by atoms with van der Waals surface area (Å²) in [6, 6.07) is 5.68. The van der Waals surface area contributed by atoms with Crippen molar-refractivity contribution >= 4 is 44.7 Å². The molecule has 0 radical (unpaired) electrons. The summed E-state index contributed by atoms with van der Waals surface area (Å²) in [4.78, 5) is 11.6. The Balaban J connectivity index is 2.54. The van der Waals surface area contributed by atoms with Crippen LogP contribution in [-0.4, -0.2) is 19.9 Å². The van der Waals surface area contributed by atoms with Crippen LogP contribution in [0.5, 0.6) is 0 Å². The number of hydrogen-bond acceptors (Lipinski definition) is 3. The minimum Gasteiger partial charge on any atom is -0.288 e. The molecule has 4 nitrogen and oxygen atoms in total. The molecule has 0 unspecified atom stereocenters. The van der Waals surface area contributed by atoms with Gasteiger partial charge in [-0.25, -0.2) is 0 Å². The average Bonchev–Trinajstić information content (AvgIpc) is 2.42. The zero-order valence-corrected chi connectivity index (χ0v) is 13.6. The third kappa shape index (κ3) is 3.26. The second kappa shape index (κ2) is 5.75. The number of benzene rings is 1. The van der Waals surface area contributed by atoms with Gasteiger partial charge in [-0.05, 0) is 55.3 Å².